The number of hydrogen-bond donors (Lipinski definition) is 1. The Labute approximate surface area is 217 Å². The molecule has 2 aliphatic rings. The van der Waals surface area contributed by atoms with E-state index in [1.807, 2.05) is 30.0 Å². The molecule has 0 saturated carbocycles. The van der Waals surface area contributed by atoms with E-state index < -0.39 is 5.60 Å². The van der Waals surface area contributed by atoms with Crippen molar-refractivity contribution in [2.45, 2.75) is 38.8 Å². The highest BCUT2D eigenvalue weighted by atomic mass is 35.5. The second-order valence-corrected chi connectivity index (χ2v) is 10.2. The second-order valence-electron chi connectivity index (χ2n) is 9.42. The molecule has 4 rings (SSSR count). The fraction of sp³-hybridized carbons (Fsp3) is 0.500. The van der Waals surface area contributed by atoms with Gasteiger partial charge in [-0.3, -0.25) is 4.90 Å². The van der Waals surface area contributed by atoms with Crippen molar-refractivity contribution in [3.63, 3.8) is 0 Å². The number of morpholine rings is 1. The highest BCUT2D eigenvalue weighted by molar-refractivity contribution is 6.42. The van der Waals surface area contributed by atoms with E-state index in [1.165, 1.54) is 0 Å². The van der Waals surface area contributed by atoms with Gasteiger partial charge in [-0.2, -0.15) is 0 Å². The monoisotopic (exact) mass is 521 g/mol. The SMILES string of the molecule is CCOc1ccc2c(c1)C(N(CCN1CCOCC1)C(=O)Nc1ccc(Cl)c(Cl)c1)CC(C)(C)O2. The third-order valence-corrected chi connectivity index (χ3v) is 7.03. The van der Waals surface area contributed by atoms with Crippen molar-refractivity contribution in [3.8, 4) is 11.5 Å². The van der Waals surface area contributed by atoms with Crippen molar-refractivity contribution < 1.29 is 19.0 Å². The molecule has 2 aliphatic heterocycles. The van der Waals surface area contributed by atoms with Crippen molar-refractivity contribution in [2.24, 2.45) is 0 Å². The van der Waals surface area contributed by atoms with Crippen LogP contribution in [-0.4, -0.2) is 67.4 Å². The average molecular weight is 522 g/mol. The largest absolute Gasteiger partial charge is 0.494 e. The number of urea groups is 1. The number of nitrogens with one attached hydrogen (secondary N) is 1. The van der Waals surface area contributed by atoms with Crippen molar-refractivity contribution in [3.05, 3.63) is 52.0 Å². The quantitative estimate of drug-likeness (QED) is 0.494. The Morgan fingerprint density at radius 2 is 1.94 bits per heavy atom. The molecule has 1 N–H and O–H groups in total. The lowest BCUT2D eigenvalue weighted by atomic mass is 9.88. The van der Waals surface area contributed by atoms with Crippen LogP contribution in [0.3, 0.4) is 0 Å². The Morgan fingerprint density at radius 1 is 1.17 bits per heavy atom. The predicted octanol–water partition coefficient (Wildman–Crippen LogP) is 5.86. The molecule has 0 spiro atoms. The Balaban J connectivity index is 1.65. The van der Waals surface area contributed by atoms with Crippen LogP contribution in [0.4, 0.5) is 10.5 Å². The van der Waals surface area contributed by atoms with Crippen LogP contribution in [-0.2, 0) is 4.74 Å². The van der Waals surface area contributed by atoms with E-state index in [2.05, 4.69) is 24.1 Å². The number of carbonyl (C=O) groups is 1. The number of carbonyl (C=O) groups excluding carboxylic acids is 1. The third-order valence-electron chi connectivity index (χ3n) is 6.29. The van der Waals surface area contributed by atoms with Crippen molar-refractivity contribution in [1.29, 1.82) is 0 Å². The molecular formula is C26H33Cl2N3O4. The van der Waals surface area contributed by atoms with Crippen LogP contribution in [0.15, 0.2) is 36.4 Å². The lowest BCUT2D eigenvalue weighted by molar-refractivity contribution is 0.0226. The number of halogens is 2. The highest BCUT2D eigenvalue weighted by Gasteiger charge is 2.39. The summed E-state index contributed by atoms with van der Waals surface area (Å²) >= 11 is 12.3. The van der Waals surface area contributed by atoms with Gasteiger partial charge in [-0.15, -0.1) is 0 Å². The number of hydrogen-bond acceptors (Lipinski definition) is 5. The molecule has 1 atom stereocenters. The van der Waals surface area contributed by atoms with Crippen molar-refractivity contribution in [2.75, 3.05) is 51.3 Å². The number of ether oxygens (including phenoxy) is 3. The molecule has 190 valence electrons. The van der Waals surface area contributed by atoms with Gasteiger partial charge in [-0.05, 0) is 57.2 Å². The standard InChI is InChI=1S/C26H33Cl2N3O4/c1-4-34-19-6-8-24-20(16-19)23(17-26(2,3)35-24)31(10-9-30-11-13-33-14-12-30)25(32)29-18-5-7-21(27)22(28)15-18/h5-8,15-16,23H,4,9-14,17H2,1-3H3,(H,29,32). The van der Waals surface area contributed by atoms with E-state index in [9.17, 15) is 4.79 Å². The minimum Gasteiger partial charge on any atom is -0.494 e. The summed E-state index contributed by atoms with van der Waals surface area (Å²) in [7, 11) is 0. The minimum atomic E-state index is -0.439. The van der Waals surface area contributed by atoms with Crippen molar-refractivity contribution >= 4 is 34.9 Å². The molecule has 0 bridgehead atoms. The first kappa shape index (κ1) is 25.9. The van der Waals surface area contributed by atoms with Crippen LogP contribution < -0.4 is 14.8 Å². The van der Waals surface area contributed by atoms with Gasteiger partial charge in [0, 0.05) is 43.9 Å². The average Bonchev–Trinajstić information content (AvgIpc) is 2.82. The molecule has 7 nitrogen and oxygen atoms in total. The van der Waals surface area contributed by atoms with Gasteiger partial charge in [-0.25, -0.2) is 4.79 Å². The van der Waals surface area contributed by atoms with Gasteiger partial charge in [0.05, 0.1) is 35.9 Å². The van der Waals surface area contributed by atoms with Crippen LogP contribution in [0.5, 0.6) is 11.5 Å². The van der Waals surface area contributed by atoms with E-state index in [4.69, 9.17) is 37.4 Å². The van der Waals surface area contributed by atoms with Gasteiger partial charge in [0.25, 0.3) is 0 Å². The molecule has 2 heterocycles. The molecule has 2 amide bonds. The number of amides is 2. The Hall–Kier alpha value is -2.19. The van der Waals surface area contributed by atoms with Gasteiger partial charge in [0.15, 0.2) is 0 Å². The lowest BCUT2D eigenvalue weighted by Gasteiger charge is -2.43. The normalized spacial score (nSPS) is 19.4. The zero-order valence-electron chi connectivity index (χ0n) is 20.5. The smallest absolute Gasteiger partial charge is 0.322 e. The number of anilines is 1. The molecule has 0 aliphatic carbocycles. The second kappa shape index (κ2) is 11.2. The first-order valence-corrected chi connectivity index (χ1v) is 12.8. The van der Waals surface area contributed by atoms with E-state index in [1.54, 1.807) is 18.2 Å². The molecule has 0 radical (unpaired) electrons. The topological polar surface area (TPSA) is 63.3 Å². The summed E-state index contributed by atoms with van der Waals surface area (Å²) in [5.74, 6) is 1.53. The molecule has 1 fully saturated rings. The molecule has 0 aromatic heterocycles. The van der Waals surface area contributed by atoms with Gasteiger partial charge in [-0.1, -0.05) is 23.2 Å². The zero-order chi connectivity index (χ0) is 25.0. The highest BCUT2D eigenvalue weighted by Crippen LogP contribution is 2.44. The van der Waals surface area contributed by atoms with E-state index in [0.717, 1.165) is 36.7 Å². The molecule has 1 unspecified atom stereocenters. The van der Waals surface area contributed by atoms with Crippen LogP contribution >= 0.6 is 23.2 Å². The van der Waals surface area contributed by atoms with Crippen LogP contribution in [0.2, 0.25) is 10.0 Å². The minimum absolute atomic E-state index is 0.196. The number of nitrogens with zero attached hydrogens (tertiary/aromatic N) is 2. The maximum atomic E-state index is 13.7. The summed E-state index contributed by atoms with van der Waals surface area (Å²) in [6.45, 7) is 11.0. The number of rotatable bonds is 7. The summed E-state index contributed by atoms with van der Waals surface area (Å²) in [4.78, 5) is 18.0. The van der Waals surface area contributed by atoms with Crippen LogP contribution in [0.25, 0.3) is 0 Å². The Kier molecular flexibility index (Phi) is 8.32. The van der Waals surface area contributed by atoms with Gasteiger partial charge >= 0.3 is 6.03 Å². The number of fused-ring (bicyclic) bond motifs is 1. The lowest BCUT2D eigenvalue weighted by Crippen LogP contribution is -2.48. The fourth-order valence-electron chi connectivity index (χ4n) is 4.57. The summed E-state index contributed by atoms with van der Waals surface area (Å²) in [6.07, 6.45) is 0.646. The zero-order valence-corrected chi connectivity index (χ0v) is 22.0. The number of benzene rings is 2. The Morgan fingerprint density at radius 3 is 2.66 bits per heavy atom. The maximum absolute atomic E-state index is 13.7. The fourth-order valence-corrected chi connectivity index (χ4v) is 4.87. The van der Waals surface area contributed by atoms with E-state index in [0.29, 0.717) is 48.5 Å². The van der Waals surface area contributed by atoms with Crippen molar-refractivity contribution in [1.82, 2.24) is 9.80 Å². The van der Waals surface area contributed by atoms with Gasteiger partial charge in [0.1, 0.15) is 17.1 Å². The first-order chi connectivity index (χ1) is 16.8. The molecular weight excluding hydrogens is 489 g/mol. The molecule has 1 saturated heterocycles. The van der Waals surface area contributed by atoms with Gasteiger partial charge in [0.2, 0.25) is 0 Å². The van der Waals surface area contributed by atoms with Crippen LogP contribution in [0, 0.1) is 0 Å². The molecule has 9 heteroatoms. The summed E-state index contributed by atoms with van der Waals surface area (Å²) in [6, 6.07) is 10.5. The molecule has 2 aromatic carbocycles. The van der Waals surface area contributed by atoms with Gasteiger partial charge < -0.3 is 24.4 Å². The van der Waals surface area contributed by atoms with Crippen LogP contribution in [0.1, 0.15) is 38.8 Å². The molecule has 2 aromatic rings. The van der Waals surface area contributed by atoms with E-state index in [-0.39, 0.29) is 12.1 Å². The Bertz CT molecular complexity index is 1040. The summed E-state index contributed by atoms with van der Waals surface area (Å²) in [5.41, 5.74) is 1.10. The van der Waals surface area contributed by atoms with E-state index >= 15 is 0 Å². The summed E-state index contributed by atoms with van der Waals surface area (Å²) < 4.78 is 17.5. The third kappa shape index (κ3) is 6.53. The molecule has 35 heavy (non-hydrogen) atoms. The summed E-state index contributed by atoms with van der Waals surface area (Å²) in [5, 5.41) is 3.86. The first-order valence-electron chi connectivity index (χ1n) is 12.0. The predicted molar refractivity (Wildman–Crippen MR) is 139 cm³/mol. The maximum Gasteiger partial charge on any atom is 0.322 e.